The fourth-order valence-electron chi connectivity index (χ4n) is 3.62. The molecule has 1 heterocycles. The number of fused-ring (bicyclic) bond motifs is 1. The minimum Gasteiger partial charge on any atom is -0.326 e. The Balaban J connectivity index is 1.84. The number of benzene rings is 1. The molecule has 3 rings (SSSR count). The van der Waals surface area contributed by atoms with E-state index in [1.165, 1.54) is 30.4 Å². The summed E-state index contributed by atoms with van der Waals surface area (Å²) in [5.74, 6) is 1.70. The van der Waals surface area contributed by atoms with Gasteiger partial charge < -0.3 is 5.32 Å². The minimum absolute atomic E-state index is 0.149. The van der Waals surface area contributed by atoms with Gasteiger partial charge in [0.2, 0.25) is 5.91 Å². The van der Waals surface area contributed by atoms with Crippen LogP contribution in [0.25, 0.3) is 0 Å². The van der Waals surface area contributed by atoms with Crippen LogP contribution in [-0.4, -0.2) is 5.91 Å². The molecule has 1 amide bonds. The predicted octanol–water partition coefficient (Wildman–Crippen LogP) is 4.83. The highest BCUT2D eigenvalue weighted by Gasteiger charge is 2.30. The molecule has 0 bridgehead atoms. The third-order valence-corrected chi connectivity index (χ3v) is 6.08. The zero-order valence-electron chi connectivity index (χ0n) is 12.0. The molecule has 1 aromatic rings. The Morgan fingerprint density at radius 2 is 2.10 bits per heavy atom. The number of halogens is 1. The molecular formula is C17H22BrNO. The van der Waals surface area contributed by atoms with E-state index in [9.17, 15) is 4.79 Å². The fraction of sp³-hybridized carbons (Fsp3) is 0.588. The first-order valence-corrected chi connectivity index (χ1v) is 8.63. The SMILES string of the molecule is CC1CCCC1C(Br)c1ccc2c(c1)CCCC(=O)N2. The second kappa shape index (κ2) is 5.88. The van der Waals surface area contributed by atoms with Gasteiger partial charge in [0, 0.05) is 16.9 Å². The molecule has 1 aliphatic carbocycles. The maximum Gasteiger partial charge on any atom is 0.224 e. The third kappa shape index (κ3) is 2.78. The number of rotatable bonds is 2. The largest absolute Gasteiger partial charge is 0.326 e. The first-order valence-electron chi connectivity index (χ1n) is 7.72. The summed E-state index contributed by atoms with van der Waals surface area (Å²) < 4.78 is 0. The molecule has 3 heteroatoms. The van der Waals surface area contributed by atoms with Crippen LogP contribution in [0.3, 0.4) is 0 Å². The molecule has 0 aromatic heterocycles. The summed E-state index contributed by atoms with van der Waals surface area (Å²) in [6.07, 6.45) is 6.63. The van der Waals surface area contributed by atoms with E-state index in [-0.39, 0.29) is 5.91 Å². The van der Waals surface area contributed by atoms with Crippen LogP contribution in [0.5, 0.6) is 0 Å². The van der Waals surface area contributed by atoms with Crippen molar-refractivity contribution < 1.29 is 4.79 Å². The Hall–Kier alpha value is -0.830. The second-order valence-corrected chi connectivity index (χ2v) is 7.28. The maximum atomic E-state index is 11.6. The molecule has 20 heavy (non-hydrogen) atoms. The van der Waals surface area contributed by atoms with E-state index in [2.05, 4.69) is 46.4 Å². The number of amides is 1. The summed E-state index contributed by atoms with van der Waals surface area (Å²) in [6, 6.07) is 6.56. The van der Waals surface area contributed by atoms with Crippen molar-refractivity contribution in [3.05, 3.63) is 29.3 Å². The van der Waals surface area contributed by atoms with Gasteiger partial charge in [0.15, 0.2) is 0 Å². The van der Waals surface area contributed by atoms with E-state index >= 15 is 0 Å². The lowest BCUT2D eigenvalue weighted by Crippen LogP contribution is -2.12. The van der Waals surface area contributed by atoms with Crippen LogP contribution in [0, 0.1) is 11.8 Å². The van der Waals surface area contributed by atoms with E-state index in [4.69, 9.17) is 0 Å². The van der Waals surface area contributed by atoms with E-state index in [1.807, 2.05) is 0 Å². The van der Waals surface area contributed by atoms with Crippen molar-refractivity contribution in [2.24, 2.45) is 11.8 Å². The number of alkyl halides is 1. The zero-order valence-corrected chi connectivity index (χ0v) is 13.6. The molecule has 3 atom stereocenters. The van der Waals surface area contributed by atoms with Crippen LogP contribution in [0.2, 0.25) is 0 Å². The van der Waals surface area contributed by atoms with Gasteiger partial charge in [-0.05, 0) is 48.3 Å². The van der Waals surface area contributed by atoms with Gasteiger partial charge in [-0.15, -0.1) is 0 Å². The second-order valence-electron chi connectivity index (χ2n) is 6.29. The van der Waals surface area contributed by atoms with Crippen LogP contribution in [0.1, 0.15) is 55.0 Å². The van der Waals surface area contributed by atoms with Gasteiger partial charge in [0.25, 0.3) is 0 Å². The summed E-state index contributed by atoms with van der Waals surface area (Å²) in [6.45, 7) is 2.37. The van der Waals surface area contributed by atoms with Gasteiger partial charge in [0.05, 0.1) is 0 Å². The highest BCUT2D eigenvalue weighted by Crippen LogP contribution is 2.45. The molecule has 3 unspecified atom stereocenters. The topological polar surface area (TPSA) is 29.1 Å². The first-order chi connectivity index (χ1) is 9.65. The lowest BCUT2D eigenvalue weighted by atomic mass is 9.89. The highest BCUT2D eigenvalue weighted by atomic mass is 79.9. The predicted molar refractivity (Wildman–Crippen MR) is 86.2 cm³/mol. The molecule has 2 aliphatic rings. The molecule has 1 saturated carbocycles. The summed E-state index contributed by atoms with van der Waals surface area (Å²) in [4.78, 5) is 12.0. The number of hydrogen-bond acceptors (Lipinski definition) is 1. The van der Waals surface area contributed by atoms with Gasteiger partial charge in [-0.3, -0.25) is 4.79 Å². The summed E-state index contributed by atoms with van der Waals surface area (Å²) in [7, 11) is 0. The summed E-state index contributed by atoms with van der Waals surface area (Å²) in [5, 5.41) is 3.01. The van der Waals surface area contributed by atoms with Gasteiger partial charge >= 0.3 is 0 Å². The molecule has 2 nitrogen and oxygen atoms in total. The molecule has 1 aliphatic heterocycles. The van der Waals surface area contributed by atoms with E-state index in [0.29, 0.717) is 11.2 Å². The number of hydrogen-bond donors (Lipinski definition) is 1. The Kier molecular flexibility index (Phi) is 4.16. The van der Waals surface area contributed by atoms with Crippen molar-refractivity contribution in [3.63, 3.8) is 0 Å². The first kappa shape index (κ1) is 14.1. The van der Waals surface area contributed by atoms with Crippen molar-refractivity contribution >= 4 is 27.5 Å². The fourth-order valence-corrected chi connectivity index (χ4v) is 4.69. The highest BCUT2D eigenvalue weighted by molar-refractivity contribution is 9.09. The van der Waals surface area contributed by atoms with Crippen molar-refractivity contribution in [1.82, 2.24) is 0 Å². The van der Waals surface area contributed by atoms with Crippen molar-refractivity contribution in [2.75, 3.05) is 5.32 Å². The van der Waals surface area contributed by atoms with Gasteiger partial charge in [0.1, 0.15) is 0 Å². The van der Waals surface area contributed by atoms with Crippen LogP contribution in [-0.2, 0) is 11.2 Å². The van der Waals surface area contributed by atoms with E-state index in [0.717, 1.165) is 30.4 Å². The number of aryl methyl sites for hydroxylation is 1. The molecule has 108 valence electrons. The molecule has 1 N–H and O–H groups in total. The maximum absolute atomic E-state index is 11.6. The molecule has 1 fully saturated rings. The molecule has 1 aromatic carbocycles. The summed E-state index contributed by atoms with van der Waals surface area (Å²) in [5.41, 5.74) is 3.68. The average molecular weight is 336 g/mol. The Bertz CT molecular complexity index is 514. The minimum atomic E-state index is 0.149. The molecule has 0 radical (unpaired) electrons. The normalized spacial score (nSPS) is 27.6. The number of carbonyl (C=O) groups excluding carboxylic acids is 1. The van der Waals surface area contributed by atoms with E-state index < -0.39 is 0 Å². The van der Waals surface area contributed by atoms with Crippen LogP contribution >= 0.6 is 15.9 Å². The lowest BCUT2D eigenvalue weighted by Gasteiger charge is -2.23. The number of anilines is 1. The third-order valence-electron chi connectivity index (χ3n) is 4.88. The Morgan fingerprint density at radius 1 is 1.25 bits per heavy atom. The summed E-state index contributed by atoms with van der Waals surface area (Å²) >= 11 is 3.93. The van der Waals surface area contributed by atoms with Gasteiger partial charge in [-0.1, -0.05) is 47.8 Å². The van der Waals surface area contributed by atoms with Crippen LogP contribution < -0.4 is 5.32 Å². The van der Waals surface area contributed by atoms with Gasteiger partial charge in [-0.25, -0.2) is 0 Å². The quantitative estimate of drug-likeness (QED) is 0.770. The van der Waals surface area contributed by atoms with E-state index in [1.54, 1.807) is 0 Å². The smallest absolute Gasteiger partial charge is 0.224 e. The van der Waals surface area contributed by atoms with Crippen molar-refractivity contribution in [2.45, 2.75) is 50.3 Å². The van der Waals surface area contributed by atoms with Gasteiger partial charge in [-0.2, -0.15) is 0 Å². The molecule has 0 saturated heterocycles. The zero-order chi connectivity index (χ0) is 14.1. The molecule has 0 spiro atoms. The molecular weight excluding hydrogens is 314 g/mol. The van der Waals surface area contributed by atoms with Crippen LogP contribution in [0.4, 0.5) is 5.69 Å². The Labute approximate surface area is 129 Å². The van der Waals surface area contributed by atoms with Crippen molar-refractivity contribution in [3.8, 4) is 0 Å². The monoisotopic (exact) mass is 335 g/mol. The lowest BCUT2D eigenvalue weighted by molar-refractivity contribution is -0.116. The van der Waals surface area contributed by atoms with Crippen molar-refractivity contribution in [1.29, 1.82) is 0 Å². The van der Waals surface area contributed by atoms with Crippen LogP contribution in [0.15, 0.2) is 18.2 Å². The Morgan fingerprint density at radius 3 is 2.85 bits per heavy atom. The standard InChI is InChI=1S/C17H22BrNO/c1-11-4-2-6-14(11)17(18)13-8-9-15-12(10-13)5-3-7-16(20)19-15/h8-11,14,17H,2-7H2,1H3,(H,19,20). The average Bonchev–Trinajstić information content (AvgIpc) is 2.76. The number of carbonyl (C=O) groups is 1. The number of nitrogens with one attached hydrogen (secondary N) is 1.